The number of anilines is 1. The third kappa shape index (κ3) is 4.42. The molecule has 4 rings (SSSR count). The van der Waals surface area contributed by atoms with Gasteiger partial charge in [0.25, 0.3) is 0 Å². The van der Waals surface area contributed by atoms with Gasteiger partial charge in [-0.1, -0.05) is 20.3 Å². The smallest absolute Gasteiger partial charge is 0.172 e. The molecule has 2 aromatic heterocycles. The van der Waals surface area contributed by atoms with E-state index in [0.717, 1.165) is 25.7 Å². The van der Waals surface area contributed by atoms with Crippen LogP contribution in [0.4, 0.5) is 10.2 Å². The number of nitrogens with zero attached hydrogens (tertiary/aromatic N) is 7. The van der Waals surface area contributed by atoms with Crippen LogP contribution in [0.25, 0.3) is 16.9 Å². The Kier molecular flexibility index (Phi) is 6.08. The molecule has 1 N–H and O–H groups in total. The van der Waals surface area contributed by atoms with Crippen molar-refractivity contribution in [1.82, 2.24) is 30.4 Å². The predicted octanol–water partition coefficient (Wildman–Crippen LogP) is 4.27. The Morgan fingerprint density at radius 2 is 2.03 bits per heavy atom. The van der Waals surface area contributed by atoms with Gasteiger partial charge in [0.1, 0.15) is 11.9 Å². The van der Waals surface area contributed by atoms with E-state index in [-0.39, 0.29) is 17.2 Å². The molecule has 0 amide bonds. The molecular formula is C23H30FN7O. The van der Waals surface area contributed by atoms with Crippen LogP contribution in [0.2, 0.25) is 0 Å². The van der Waals surface area contributed by atoms with Crippen LogP contribution < -0.4 is 4.90 Å². The maximum atomic E-state index is 15.0. The molecule has 1 aromatic carbocycles. The number of tetrazole rings is 1. The van der Waals surface area contributed by atoms with Gasteiger partial charge < -0.3 is 10.0 Å². The van der Waals surface area contributed by atoms with E-state index < -0.39 is 6.17 Å². The fourth-order valence-corrected chi connectivity index (χ4v) is 4.43. The van der Waals surface area contributed by atoms with Crippen LogP contribution in [0.5, 0.6) is 5.75 Å². The Labute approximate surface area is 187 Å². The lowest BCUT2D eigenvalue weighted by Gasteiger charge is -2.36. The van der Waals surface area contributed by atoms with Crippen molar-refractivity contribution >= 4 is 5.82 Å². The summed E-state index contributed by atoms with van der Waals surface area (Å²) in [4.78, 5) is 3.27. The molecule has 1 saturated carbocycles. The number of halogens is 1. The second-order valence-corrected chi connectivity index (χ2v) is 9.06. The van der Waals surface area contributed by atoms with Gasteiger partial charge in [0.05, 0.1) is 17.4 Å². The van der Waals surface area contributed by atoms with E-state index >= 15 is 0 Å². The highest BCUT2D eigenvalue weighted by molar-refractivity contribution is 5.68. The summed E-state index contributed by atoms with van der Waals surface area (Å²) in [5, 5.41) is 31.1. The summed E-state index contributed by atoms with van der Waals surface area (Å²) in [6.07, 6.45) is 3.49. The third-order valence-electron chi connectivity index (χ3n) is 6.74. The lowest BCUT2D eigenvalue weighted by atomic mass is 9.79. The summed E-state index contributed by atoms with van der Waals surface area (Å²) in [5.74, 6) is 1.21. The van der Waals surface area contributed by atoms with Crippen molar-refractivity contribution in [2.24, 2.45) is 5.41 Å². The summed E-state index contributed by atoms with van der Waals surface area (Å²) >= 11 is 0. The van der Waals surface area contributed by atoms with Crippen molar-refractivity contribution in [2.75, 3.05) is 11.9 Å². The molecule has 0 spiro atoms. The maximum Gasteiger partial charge on any atom is 0.172 e. The molecule has 3 atom stereocenters. The Hall–Kier alpha value is -3.10. The largest absolute Gasteiger partial charge is 0.507 e. The summed E-state index contributed by atoms with van der Waals surface area (Å²) in [6.45, 7) is 6.18. The van der Waals surface area contributed by atoms with Gasteiger partial charge in [0, 0.05) is 18.7 Å². The average molecular weight is 440 g/mol. The number of aromatic hydroxyl groups is 1. The van der Waals surface area contributed by atoms with Crippen LogP contribution in [0.15, 0.2) is 30.3 Å². The second kappa shape index (κ2) is 8.80. The van der Waals surface area contributed by atoms with Gasteiger partial charge in [0.2, 0.25) is 0 Å². The van der Waals surface area contributed by atoms with E-state index in [1.54, 1.807) is 31.2 Å². The number of phenolic OH excluding ortho intramolecular Hbond substituents is 1. The van der Waals surface area contributed by atoms with Crippen LogP contribution in [0.3, 0.4) is 0 Å². The molecule has 1 aliphatic rings. The monoisotopic (exact) mass is 439 g/mol. The molecular weight excluding hydrogens is 409 g/mol. The van der Waals surface area contributed by atoms with Gasteiger partial charge in [-0.2, -0.15) is 0 Å². The maximum absolute atomic E-state index is 15.0. The van der Waals surface area contributed by atoms with Crippen LogP contribution in [-0.2, 0) is 0 Å². The van der Waals surface area contributed by atoms with Gasteiger partial charge in [0.15, 0.2) is 11.6 Å². The highest BCUT2D eigenvalue weighted by Gasteiger charge is 2.37. The van der Waals surface area contributed by atoms with E-state index in [2.05, 4.69) is 39.5 Å². The SMILES string of the molecule is CC[C@]1(C)CCC[C@@H](F)[C@H](N(C)c2ccc(-c3ccc(-n4nnc(C)n4)cc3O)nn2)C1. The standard InChI is InChI=1S/C23H30FN7O/c1-5-23(3)12-6-7-18(24)20(14-23)30(4)22-11-10-19(26-27-22)17-9-8-16(13-21(17)32)31-28-15(2)25-29-31/h8-11,13,18,20,32H,5-7,12,14H2,1-4H3/t18-,20-,23-/m1/s1. The summed E-state index contributed by atoms with van der Waals surface area (Å²) in [6, 6.07) is 8.49. The van der Waals surface area contributed by atoms with Crippen molar-refractivity contribution in [3.8, 4) is 22.7 Å². The van der Waals surface area contributed by atoms with Crippen LogP contribution >= 0.6 is 0 Å². The highest BCUT2D eigenvalue weighted by atomic mass is 19.1. The van der Waals surface area contributed by atoms with Crippen molar-refractivity contribution < 1.29 is 9.50 Å². The van der Waals surface area contributed by atoms with Crippen LogP contribution in [-0.4, -0.2) is 54.8 Å². The Morgan fingerprint density at radius 3 is 2.66 bits per heavy atom. The minimum absolute atomic E-state index is 0.0409. The normalized spacial score (nSPS) is 23.7. The fourth-order valence-electron chi connectivity index (χ4n) is 4.43. The average Bonchev–Trinajstić information content (AvgIpc) is 3.16. The van der Waals surface area contributed by atoms with E-state index in [1.165, 1.54) is 4.80 Å². The van der Waals surface area contributed by atoms with Gasteiger partial charge in [-0.05, 0) is 67.5 Å². The molecule has 2 heterocycles. The van der Waals surface area contributed by atoms with Crippen molar-refractivity contribution in [3.05, 3.63) is 36.2 Å². The molecule has 0 unspecified atom stereocenters. The summed E-state index contributed by atoms with van der Waals surface area (Å²) < 4.78 is 15.0. The predicted molar refractivity (Wildman–Crippen MR) is 121 cm³/mol. The van der Waals surface area contributed by atoms with Crippen LogP contribution in [0.1, 0.15) is 51.8 Å². The van der Waals surface area contributed by atoms with Crippen molar-refractivity contribution in [2.45, 2.75) is 65.1 Å². The molecule has 3 aromatic rings. The lowest BCUT2D eigenvalue weighted by molar-refractivity contribution is 0.214. The molecule has 9 heteroatoms. The highest BCUT2D eigenvalue weighted by Crippen LogP contribution is 2.40. The van der Waals surface area contributed by atoms with Gasteiger partial charge in [-0.3, -0.25) is 0 Å². The van der Waals surface area contributed by atoms with Gasteiger partial charge in [-0.25, -0.2) is 4.39 Å². The molecule has 0 bridgehead atoms. The molecule has 0 saturated heterocycles. The zero-order chi connectivity index (χ0) is 22.9. The number of alkyl halides is 1. The Morgan fingerprint density at radius 1 is 1.22 bits per heavy atom. The molecule has 1 fully saturated rings. The number of phenols is 1. The first-order chi connectivity index (χ1) is 15.3. The zero-order valence-corrected chi connectivity index (χ0v) is 19.0. The second-order valence-electron chi connectivity index (χ2n) is 9.06. The van der Waals surface area contributed by atoms with E-state index in [0.29, 0.717) is 35.0 Å². The van der Waals surface area contributed by atoms with E-state index in [9.17, 15) is 9.50 Å². The number of aromatic nitrogens is 6. The van der Waals surface area contributed by atoms with E-state index in [4.69, 9.17) is 0 Å². The first kappa shape index (κ1) is 22.1. The Balaban J connectivity index is 1.55. The molecule has 8 nitrogen and oxygen atoms in total. The zero-order valence-electron chi connectivity index (χ0n) is 19.0. The Bertz CT molecular complexity index is 1070. The van der Waals surface area contributed by atoms with E-state index in [1.807, 2.05) is 18.0 Å². The molecule has 0 radical (unpaired) electrons. The summed E-state index contributed by atoms with van der Waals surface area (Å²) in [7, 11) is 1.89. The summed E-state index contributed by atoms with van der Waals surface area (Å²) in [5.41, 5.74) is 1.81. The van der Waals surface area contributed by atoms with Crippen molar-refractivity contribution in [1.29, 1.82) is 0 Å². The van der Waals surface area contributed by atoms with Gasteiger partial charge >= 0.3 is 0 Å². The first-order valence-electron chi connectivity index (χ1n) is 11.1. The van der Waals surface area contributed by atoms with Gasteiger partial charge in [-0.15, -0.1) is 25.2 Å². The molecule has 1 aliphatic carbocycles. The topological polar surface area (TPSA) is 92.9 Å². The number of hydrogen-bond donors (Lipinski definition) is 1. The molecule has 0 aliphatic heterocycles. The van der Waals surface area contributed by atoms with Crippen LogP contribution in [0, 0.1) is 12.3 Å². The number of rotatable bonds is 5. The first-order valence-corrected chi connectivity index (χ1v) is 11.1. The number of hydrogen-bond acceptors (Lipinski definition) is 7. The molecule has 32 heavy (non-hydrogen) atoms. The third-order valence-corrected chi connectivity index (χ3v) is 6.74. The number of aryl methyl sites for hydroxylation is 1. The lowest BCUT2D eigenvalue weighted by Crippen LogP contribution is -2.42. The number of benzene rings is 1. The van der Waals surface area contributed by atoms with Crippen molar-refractivity contribution in [3.63, 3.8) is 0 Å². The minimum atomic E-state index is -0.888. The fraction of sp³-hybridized carbons (Fsp3) is 0.522. The molecule has 170 valence electrons. The minimum Gasteiger partial charge on any atom is -0.507 e. The quantitative estimate of drug-likeness (QED) is 0.594.